The minimum Gasteiger partial charge on any atom is -0.351 e. The van der Waals surface area contributed by atoms with Crippen LogP contribution in [0.25, 0.3) is 22.3 Å². The first-order valence-electron chi connectivity index (χ1n) is 12.4. The molecule has 0 aliphatic carbocycles. The van der Waals surface area contributed by atoms with Crippen molar-refractivity contribution in [2.45, 2.75) is 50.9 Å². The Morgan fingerprint density at radius 3 is 2.71 bits per heavy atom. The maximum Gasteiger partial charge on any atom is 0.417 e. The maximum absolute atomic E-state index is 13.3. The lowest BCUT2D eigenvalue weighted by Crippen LogP contribution is -2.48. The highest BCUT2D eigenvalue weighted by Gasteiger charge is 2.32. The molecular formula is C25H30F3N9O. The molecule has 1 aliphatic rings. The second-order valence-corrected chi connectivity index (χ2v) is 9.52. The van der Waals surface area contributed by atoms with Gasteiger partial charge in [-0.1, -0.05) is 0 Å². The van der Waals surface area contributed by atoms with Crippen LogP contribution in [0.1, 0.15) is 43.7 Å². The highest BCUT2D eigenvalue weighted by molar-refractivity contribution is 5.94. The molecule has 4 heterocycles. The molecule has 1 amide bonds. The lowest BCUT2D eigenvalue weighted by atomic mass is 9.90. The number of nitrogens with two attached hydrogens (primary N) is 2. The first-order chi connectivity index (χ1) is 18.1. The predicted molar refractivity (Wildman–Crippen MR) is 135 cm³/mol. The summed E-state index contributed by atoms with van der Waals surface area (Å²) in [5, 5.41) is 13.1. The third kappa shape index (κ3) is 5.87. The summed E-state index contributed by atoms with van der Waals surface area (Å²) in [7, 11) is 0. The minimum absolute atomic E-state index is 0.0552. The van der Waals surface area contributed by atoms with E-state index in [-0.39, 0.29) is 46.1 Å². The Hall–Kier alpha value is -3.76. The summed E-state index contributed by atoms with van der Waals surface area (Å²) in [6, 6.07) is 2.41. The van der Waals surface area contributed by atoms with Crippen molar-refractivity contribution in [2.75, 3.05) is 25.0 Å². The number of anilines is 1. The Morgan fingerprint density at radius 2 is 2.05 bits per heavy atom. The second-order valence-electron chi connectivity index (χ2n) is 9.52. The van der Waals surface area contributed by atoms with Crippen LogP contribution in [0.4, 0.5) is 19.1 Å². The number of amides is 1. The van der Waals surface area contributed by atoms with Crippen molar-refractivity contribution < 1.29 is 18.0 Å². The first-order valence-corrected chi connectivity index (χ1v) is 12.4. The number of nitriles is 1. The number of halogens is 3. The summed E-state index contributed by atoms with van der Waals surface area (Å²) in [5.74, 6) is 0.427. The van der Waals surface area contributed by atoms with Gasteiger partial charge in [0, 0.05) is 42.5 Å². The van der Waals surface area contributed by atoms with Gasteiger partial charge in [0.05, 0.1) is 29.1 Å². The monoisotopic (exact) mass is 529 g/mol. The van der Waals surface area contributed by atoms with Gasteiger partial charge in [0.1, 0.15) is 11.7 Å². The number of hydrogen-bond acceptors (Lipinski definition) is 8. The molecule has 0 radical (unpaired) electrons. The van der Waals surface area contributed by atoms with Gasteiger partial charge >= 0.3 is 6.18 Å². The number of hydrogen-bond donors (Lipinski definition) is 4. The van der Waals surface area contributed by atoms with Crippen LogP contribution in [0, 0.1) is 17.2 Å². The Balaban J connectivity index is 1.48. The topological polar surface area (TPSA) is 163 Å². The maximum atomic E-state index is 13.3. The summed E-state index contributed by atoms with van der Waals surface area (Å²) >= 11 is 0. The van der Waals surface area contributed by atoms with Crippen LogP contribution >= 0.6 is 0 Å². The van der Waals surface area contributed by atoms with Crippen LogP contribution in [-0.4, -0.2) is 62.5 Å². The zero-order valence-corrected chi connectivity index (χ0v) is 20.9. The minimum atomic E-state index is -4.56. The van der Waals surface area contributed by atoms with Crippen LogP contribution < -0.4 is 16.8 Å². The zero-order chi connectivity index (χ0) is 27.4. The third-order valence-corrected chi connectivity index (χ3v) is 6.97. The number of nitrogens with zero attached hydrogens (tertiary/aromatic N) is 5. The number of pyridine rings is 1. The summed E-state index contributed by atoms with van der Waals surface area (Å²) < 4.78 is 39.8. The summed E-state index contributed by atoms with van der Waals surface area (Å²) in [6.07, 6.45) is 1.83. The van der Waals surface area contributed by atoms with Crippen molar-refractivity contribution in [3.8, 4) is 17.3 Å². The van der Waals surface area contributed by atoms with Gasteiger partial charge in [-0.25, -0.2) is 15.0 Å². The van der Waals surface area contributed by atoms with E-state index in [4.69, 9.17) is 11.5 Å². The van der Waals surface area contributed by atoms with E-state index in [1.165, 1.54) is 12.4 Å². The van der Waals surface area contributed by atoms with E-state index >= 15 is 0 Å². The number of alkyl halides is 3. The third-order valence-electron chi connectivity index (χ3n) is 6.97. The number of piperidine rings is 1. The van der Waals surface area contributed by atoms with Crippen molar-refractivity contribution in [1.29, 1.82) is 5.26 Å². The number of rotatable bonds is 8. The number of aromatic nitrogens is 4. The molecule has 0 unspecified atom stereocenters. The van der Waals surface area contributed by atoms with Gasteiger partial charge < -0.3 is 26.7 Å². The van der Waals surface area contributed by atoms with E-state index in [0.29, 0.717) is 38.0 Å². The highest BCUT2D eigenvalue weighted by atomic mass is 19.4. The van der Waals surface area contributed by atoms with Gasteiger partial charge in [-0.3, -0.25) is 4.79 Å². The molecule has 0 saturated carbocycles. The molecule has 10 nitrogen and oxygen atoms in total. The van der Waals surface area contributed by atoms with Gasteiger partial charge in [0.25, 0.3) is 0 Å². The molecule has 0 aromatic carbocycles. The van der Waals surface area contributed by atoms with Crippen LogP contribution in [0.3, 0.4) is 0 Å². The molecule has 1 fully saturated rings. The van der Waals surface area contributed by atoms with Gasteiger partial charge in [-0.2, -0.15) is 18.4 Å². The summed E-state index contributed by atoms with van der Waals surface area (Å²) in [6.45, 7) is 3.67. The van der Waals surface area contributed by atoms with Crippen LogP contribution in [-0.2, 0) is 11.0 Å². The molecule has 2 atom stereocenters. The quantitative estimate of drug-likeness (QED) is 0.346. The van der Waals surface area contributed by atoms with E-state index in [1.807, 2.05) is 13.0 Å². The van der Waals surface area contributed by atoms with E-state index in [9.17, 15) is 23.2 Å². The van der Waals surface area contributed by atoms with Crippen molar-refractivity contribution in [3.05, 3.63) is 35.8 Å². The number of carbonyl (C=O) groups is 1. The average molecular weight is 530 g/mol. The molecule has 38 heavy (non-hydrogen) atoms. The number of aromatic amines is 1. The van der Waals surface area contributed by atoms with E-state index < -0.39 is 17.8 Å². The Labute approximate surface area is 217 Å². The van der Waals surface area contributed by atoms with Crippen molar-refractivity contribution in [2.24, 2.45) is 17.4 Å². The summed E-state index contributed by atoms with van der Waals surface area (Å²) in [5.41, 5.74) is 11.5. The van der Waals surface area contributed by atoms with E-state index in [1.54, 1.807) is 4.90 Å². The molecule has 6 N–H and O–H groups in total. The Kier molecular flexibility index (Phi) is 8.13. The molecule has 13 heteroatoms. The summed E-state index contributed by atoms with van der Waals surface area (Å²) in [4.78, 5) is 29.8. The Bertz CT molecular complexity index is 1330. The number of fused-ring (bicyclic) bond motifs is 1. The molecule has 1 aliphatic heterocycles. The largest absolute Gasteiger partial charge is 0.417 e. The second kappa shape index (κ2) is 11.3. The van der Waals surface area contributed by atoms with E-state index in [0.717, 1.165) is 25.1 Å². The number of nitrogens with one attached hydrogen (secondary N) is 2. The number of carbonyl (C=O) groups excluding carboxylic acids is 1. The van der Waals surface area contributed by atoms with Crippen LogP contribution in [0.2, 0.25) is 0 Å². The van der Waals surface area contributed by atoms with E-state index in [2.05, 4.69) is 25.3 Å². The fourth-order valence-electron chi connectivity index (χ4n) is 4.73. The van der Waals surface area contributed by atoms with Crippen LogP contribution in [0.15, 0.2) is 24.7 Å². The van der Waals surface area contributed by atoms with Crippen molar-refractivity contribution >= 4 is 22.9 Å². The van der Waals surface area contributed by atoms with Crippen molar-refractivity contribution in [1.82, 2.24) is 24.8 Å². The normalized spacial score (nSPS) is 16.3. The fraction of sp³-hybridized carbons (Fsp3) is 0.480. The van der Waals surface area contributed by atoms with Gasteiger partial charge in [0.2, 0.25) is 11.9 Å². The highest BCUT2D eigenvalue weighted by Crippen LogP contribution is 2.35. The van der Waals surface area contributed by atoms with Gasteiger partial charge in [-0.15, -0.1) is 0 Å². The molecule has 202 valence electrons. The SMILES string of the molecule is C[C@@H](Nc1ncc(C#N)c(-c2c[nH]c3ncc(C(F)(F)F)cc23)n1)C1CCN(C(=O)[C@@H](N)CCCN)CC1. The first kappa shape index (κ1) is 27.3. The molecule has 3 aromatic heterocycles. The lowest BCUT2D eigenvalue weighted by molar-refractivity contribution is -0.137. The molecule has 1 saturated heterocycles. The lowest BCUT2D eigenvalue weighted by Gasteiger charge is -2.36. The fourth-order valence-corrected chi connectivity index (χ4v) is 4.73. The standard InChI is InChI=1S/C25H30F3N9O/c1-14(15-4-7-37(8-5-15)23(38)20(31)3-2-6-29)35-24-34-11-16(10-30)21(36-24)19-13-33-22-18(19)9-17(12-32-22)25(26,27)28/h9,11-15,20H,2-8,29,31H2,1H3,(H,32,33)(H,34,35,36)/t14-,20+/m1/s1. The Morgan fingerprint density at radius 1 is 1.32 bits per heavy atom. The number of H-pyrrole nitrogens is 1. The zero-order valence-electron chi connectivity index (χ0n) is 20.9. The predicted octanol–water partition coefficient (Wildman–Crippen LogP) is 3.02. The molecular weight excluding hydrogens is 499 g/mol. The van der Waals surface area contributed by atoms with Crippen molar-refractivity contribution in [3.63, 3.8) is 0 Å². The van der Waals surface area contributed by atoms with Gasteiger partial charge in [-0.05, 0) is 51.1 Å². The smallest absolute Gasteiger partial charge is 0.351 e. The molecule has 3 aromatic rings. The van der Waals surface area contributed by atoms with Crippen LogP contribution in [0.5, 0.6) is 0 Å². The average Bonchev–Trinajstić information content (AvgIpc) is 3.34. The molecule has 0 spiro atoms. The van der Waals surface area contributed by atoms with Gasteiger partial charge in [0.15, 0.2) is 0 Å². The molecule has 4 rings (SSSR count). The molecule has 0 bridgehead atoms. The number of likely N-dealkylation sites (tertiary alicyclic amines) is 1.